The molecule has 0 radical (unpaired) electrons. The maximum atomic E-state index is 9.14. The van der Waals surface area contributed by atoms with Crippen molar-refractivity contribution >= 4 is 23.5 Å². The molecule has 0 aliphatic rings. The Bertz CT molecular complexity index is 274. The molecule has 84 valence electrons. The van der Waals surface area contributed by atoms with E-state index in [4.69, 9.17) is 10.2 Å². The number of hydrogen-bond donors (Lipinski definition) is 2. The quantitative estimate of drug-likeness (QED) is 0.751. The van der Waals surface area contributed by atoms with Crippen LogP contribution in [0.4, 0.5) is 0 Å². The number of rotatable bonds is 6. The Balaban J connectivity index is 2.31. The van der Waals surface area contributed by atoms with Gasteiger partial charge in [-0.25, -0.2) is 0 Å². The average Bonchev–Trinajstić information content (AvgIpc) is 2.29. The lowest BCUT2D eigenvalue weighted by Gasteiger charge is -2.06. The molecular formula is C11H16O2S2. The molecular weight excluding hydrogens is 228 g/mol. The van der Waals surface area contributed by atoms with E-state index in [-0.39, 0.29) is 6.61 Å². The molecule has 1 aromatic carbocycles. The van der Waals surface area contributed by atoms with E-state index in [1.54, 1.807) is 23.5 Å². The average molecular weight is 244 g/mol. The number of thioether (sulfide) groups is 2. The van der Waals surface area contributed by atoms with Crippen LogP contribution in [0.1, 0.15) is 5.56 Å². The summed E-state index contributed by atoms with van der Waals surface area (Å²) in [6.45, 7) is -0.154. The summed E-state index contributed by atoms with van der Waals surface area (Å²) in [5.41, 5.74) is 1.25. The fraction of sp³-hybridized carbons (Fsp3) is 0.455. The molecule has 1 rings (SSSR count). The molecule has 4 heteroatoms. The minimum Gasteiger partial charge on any atom is -0.394 e. The Labute approximate surface area is 99.1 Å². The summed E-state index contributed by atoms with van der Waals surface area (Å²) in [6.07, 6.45) is 1.46. The van der Waals surface area contributed by atoms with E-state index in [9.17, 15) is 0 Å². The highest BCUT2D eigenvalue weighted by Crippen LogP contribution is 2.18. The lowest BCUT2D eigenvalue weighted by molar-refractivity contribution is 0.113. The van der Waals surface area contributed by atoms with Gasteiger partial charge in [-0.05, 0) is 24.0 Å². The molecule has 0 bridgehead atoms. The van der Waals surface area contributed by atoms with Gasteiger partial charge in [0.1, 0.15) is 0 Å². The van der Waals surface area contributed by atoms with Crippen LogP contribution in [0.25, 0.3) is 0 Å². The smallest absolute Gasteiger partial charge is 0.0861 e. The van der Waals surface area contributed by atoms with Crippen molar-refractivity contribution in [3.05, 3.63) is 29.8 Å². The highest BCUT2D eigenvalue weighted by atomic mass is 32.2. The molecule has 0 saturated carbocycles. The molecule has 0 heterocycles. The van der Waals surface area contributed by atoms with Crippen LogP contribution in [0.5, 0.6) is 0 Å². The maximum absolute atomic E-state index is 9.14. The van der Waals surface area contributed by atoms with Crippen LogP contribution >= 0.6 is 23.5 Å². The summed E-state index contributed by atoms with van der Waals surface area (Å²) < 4.78 is 0. The van der Waals surface area contributed by atoms with E-state index in [0.29, 0.717) is 5.75 Å². The third-order valence-corrected chi connectivity index (χ3v) is 3.85. The molecule has 2 N–H and O–H groups in total. The van der Waals surface area contributed by atoms with Crippen LogP contribution in [0.3, 0.4) is 0 Å². The van der Waals surface area contributed by atoms with Crippen LogP contribution in [-0.2, 0) is 5.75 Å². The molecule has 1 aromatic rings. The van der Waals surface area contributed by atoms with Crippen molar-refractivity contribution < 1.29 is 10.2 Å². The van der Waals surface area contributed by atoms with Crippen molar-refractivity contribution in [2.75, 3.05) is 18.6 Å². The molecule has 1 atom stereocenters. The second-order valence-corrected chi connectivity index (χ2v) is 5.11. The van der Waals surface area contributed by atoms with Crippen molar-refractivity contribution in [2.24, 2.45) is 0 Å². The number of aliphatic hydroxyl groups excluding tert-OH is 2. The Kier molecular flexibility index (Phi) is 6.17. The Morgan fingerprint density at radius 1 is 1.27 bits per heavy atom. The highest BCUT2D eigenvalue weighted by molar-refractivity contribution is 7.98. The third kappa shape index (κ3) is 4.93. The first kappa shape index (κ1) is 12.9. The second-order valence-electron chi connectivity index (χ2n) is 3.20. The molecule has 2 nitrogen and oxygen atoms in total. The third-order valence-electron chi connectivity index (χ3n) is 1.95. The van der Waals surface area contributed by atoms with Crippen molar-refractivity contribution in [1.82, 2.24) is 0 Å². The Hall–Kier alpha value is -0.160. The van der Waals surface area contributed by atoms with Gasteiger partial charge in [-0.3, -0.25) is 0 Å². The van der Waals surface area contributed by atoms with Gasteiger partial charge in [0, 0.05) is 16.4 Å². The van der Waals surface area contributed by atoms with Gasteiger partial charge < -0.3 is 10.2 Å². The minimum absolute atomic E-state index is 0.154. The second kappa shape index (κ2) is 7.17. The van der Waals surface area contributed by atoms with Gasteiger partial charge in [0.05, 0.1) is 12.7 Å². The molecule has 0 aromatic heterocycles. The van der Waals surface area contributed by atoms with Crippen LogP contribution in [-0.4, -0.2) is 34.9 Å². The molecule has 0 spiro atoms. The van der Waals surface area contributed by atoms with Crippen molar-refractivity contribution in [2.45, 2.75) is 16.8 Å². The zero-order valence-corrected chi connectivity index (χ0v) is 10.4. The predicted octanol–water partition coefficient (Wildman–Crippen LogP) is 1.99. The largest absolute Gasteiger partial charge is 0.394 e. The van der Waals surface area contributed by atoms with E-state index in [2.05, 4.69) is 30.5 Å². The number of benzene rings is 1. The van der Waals surface area contributed by atoms with Gasteiger partial charge >= 0.3 is 0 Å². The Morgan fingerprint density at radius 3 is 2.47 bits per heavy atom. The first-order chi connectivity index (χ1) is 7.26. The van der Waals surface area contributed by atoms with Crippen LogP contribution in [0.15, 0.2) is 29.2 Å². The monoisotopic (exact) mass is 244 g/mol. The lowest BCUT2D eigenvalue weighted by atomic mass is 10.2. The fourth-order valence-electron chi connectivity index (χ4n) is 1.09. The zero-order chi connectivity index (χ0) is 11.1. The summed E-state index contributed by atoms with van der Waals surface area (Å²) in [6, 6.07) is 8.40. The molecule has 15 heavy (non-hydrogen) atoms. The summed E-state index contributed by atoms with van der Waals surface area (Å²) in [5, 5.41) is 17.8. The van der Waals surface area contributed by atoms with Crippen molar-refractivity contribution in [1.29, 1.82) is 0 Å². The van der Waals surface area contributed by atoms with Crippen LogP contribution in [0, 0.1) is 0 Å². The standard InChI is InChI=1S/C11H16O2S2/c1-14-11-4-2-9(3-5-11)7-15-8-10(13)6-12/h2-5,10,12-13H,6-8H2,1H3. The minimum atomic E-state index is -0.597. The van der Waals surface area contributed by atoms with Crippen molar-refractivity contribution in [3.63, 3.8) is 0 Å². The van der Waals surface area contributed by atoms with Gasteiger partial charge in [-0.2, -0.15) is 11.8 Å². The summed E-state index contributed by atoms with van der Waals surface area (Å²) in [7, 11) is 0. The summed E-state index contributed by atoms with van der Waals surface area (Å²) in [4.78, 5) is 1.26. The summed E-state index contributed by atoms with van der Waals surface area (Å²) >= 11 is 3.37. The topological polar surface area (TPSA) is 40.5 Å². The molecule has 0 aliphatic carbocycles. The van der Waals surface area contributed by atoms with Gasteiger partial charge in [0.25, 0.3) is 0 Å². The molecule has 0 fully saturated rings. The summed E-state index contributed by atoms with van der Waals surface area (Å²) in [5.74, 6) is 1.46. The molecule has 0 saturated heterocycles. The first-order valence-electron chi connectivity index (χ1n) is 4.76. The fourth-order valence-corrected chi connectivity index (χ4v) is 2.42. The number of aliphatic hydroxyl groups is 2. The SMILES string of the molecule is CSc1ccc(CSCC(O)CO)cc1. The van der Waals surface area contributed by atoms with Gasteiger partial charge in [0.2, 0.25) is 0 Å². The van der Waals surface area contributed by atoms with E-state index in [0.717, 1.165) is 5.75 Å². The highest BCUT2D eigenvalue weighted by Gasteiger charge is 2.01. The Morgan fingerprint density at radius 2 is 1.93 bits per heavy atom. The van der Waals surface area contributed by atoms with Crippen molar-refractivity contribution in [3.8, 4) is 0 Å². The lowest BCUT2D eigenvalue weighted by Crippen LogP contribution is -2.14. The van der Waals surface area contributed by atoms with Crippen LogP contribution < -0.4 is 0 Å². The van der Waals surface area contributed by atoms with E-state index in [1.165, 1.54) is 10.5 Å². The normalized spacial score (nSPS) is 12.7. The molecule has 1 unspecified atom stereocenters. The predicted molar refractivity (Wildman–Crippen MR) is 67.5 cm³/mol. The van der Waals surface area contributed by atoms with E-state index >= 15 is 0 Å². The van der Waals surface area contributed by atoms with E-state index in [1.807, 2.05) is 0 Å². The maximum Gasteiger partial charge on any atom is 0.0861 e. The molecule has 0 aliphatic heterocycles. The van der Waals surface area contributed by atoms with Gasteiger partial charge in [0.15, 0.2) is 0 Å². The molecule has 0 amide bonds. The first-order valence-corrected chi connectivity index (χ1v) is 7.14. The zero-order valence-electron chi connectivity index (χ0n) is 8.72. The number of hydrogen-bond acceptors (Lipinski definition) is 4. The van der Waals surface area contributed by atoms with Crippen LogP contribution in [0.2, 0.25) is 0 Å². The van der Waals surface area contributed by atoms with E-state index < -0.39 is 6.10 Å². The van der Waals surface area contributed by atoms with Gasteiger partial charge in [-0.15, -0.1) is 11.8 Å². The van der Waals surface area contributed by atoms with Gasteiger partial charge in [-0.1, -0.05) is 12.1 Å².